The Bertz CT molecular complexity index is 236. The first-order chi connectivity index (χ1) is 9.45. The van der Waals surface area contributed by atoms with Crippen LogP contribution in [0.3, 0.4) is 0 Å². The molecular formula is C18H38ClNO. The molecule has 0 heterocycles. The molecule has 0 atom stereocenters. The quantitative estimate of drug-likeness (QED) is 0.353. The maximum absolute atomic E-state index is 11.7. The molecule has 0 saturated heterocycles. The van der Waals surface area contributed by atoms with Crippen LogP contribution in [-0.2, 0) is 4.79 Å². The van der Waals surface area contributed by atoms with E-state index >= 15 is 0 Å². The van der Waals surface area contributed by atoms with E-state index in [1.54, 1.807) is 0 Å². The Morgan fingerprint density at radius 3 is 1.62 bits per heavy atom. The smallest absolute Gasteiger partial charge is 0.133 e. The predicted molar refractivity (Wildman–Crippen MR) is 89.0 cm³/mol. The fraction of sp³-hybridized carbons (Fsp3) is 0.944. The van der Waals surface area contributed by atoms with E-state index in [1.807, 2.05) is 0 Å². The highest BCUT2D eigenvalue weighted by Gasteiger charge is 2.08. The topological polar surface area (TPSA) is 17.1 Å². The van der Waals surface area contributed by atoms with Gasteiger partial charge in [-0.3, -0.25) is 4.79 Å². The second-order valence-corrected chi connectivity index (χ2v) is 7.23. The van der Waals surface area contributed by atoms with E-state index < -0.39 is 0 Å². The average Bonchev–Trinajstić information content (AvgIpc) is 2.35. The molecule has 0 saturated carbocycles. The number of hydrogen-bond acceptors (Lipinski definition) is 1. The van der Waals surface area contributed by atoms with Gasteiger partial charge in [-0.15, -0.1) is 0 Å². The Kier molecular flexibility index (Phi) is 16.4. The lowest BCUT2D eigenvalue weighted by atomic mass is 10.0. The van der Waals surface area contributed by atoms with Gasteiger partial charge in [-0.1, -0.05) is 58.3 Å². The van der Waals surface area contributed by atoms with Crippen LogP contribution in [0.25, 0.3) is 0 Å². The Labute approximate surface area is 139 Å². The fourth-order valence-electron chi connectivity index (χ4n) is 2.51. The van der Waals surface area contributed by atoms with Crippen LogP contribution in [0.15, 0.2) is 0 Å². The summed E-state index contributed by atoms with van der Waals surface area (Å²) < 4.78 is 0.964. The SMILES string of the molecule is CCCCCCCCCCCC(=O)CCC[N+](C)(C)C.[Cl-]. The van der Waals surface area contributed by atoms with E-state index in [1.165, 1.54) is 51.4 Å². The predicted octanol–water partition coefficient (Wildman–Crippen LogP) is 1.97. The Morgan fingerprint density at radius 1 is 0.714 bits per heavy atom. The summed E-state index contributed by atoms with van der Waals surface area (Å²) >= 11 is 0. The highest BCUT2D eigenvalue weighted by Crippen LogP contribution is 2.11. The van der Waals surface area contributed by atoms with Crippen molar-refractivity contribution in [2.75, 3.05) is 27.7 Å². The molecule has 0 aliphatic carbocycles. The van der Waals surface area contributed by atoms with Gasteiger partial charge in [-0.2, -0.15) is 0 Å². The van der Waals surface area contributed by atoms with Crippen molar-refractivity contribution in [2.45, 2.75) is 84.0 Å². The zero-order valence-electron chi connectivity index (χ0n) is 14.9. The van der Waals surface area contributed by atoms with Crippen LogP contribution >= 0.6 is 0 Å². The second-order valence-electron chi connectivity index (χ2n) is 7.23. The molecule has 0 rings (SSSR count). The van der Waals surface area contributed by atoms with Gasteiger partial charge in [-0.05, 0) is 6.42 Å². The first-order valence-electron chi connectivity index (χ1n) is 8.78. The van der Waals surface area contributed by atoms with E-state index in [-0.39, 0.29) is 12.4 Å². The summed E-state index contributed by atoms with van der Waals surface area (Å²) in [6, 6.07) is 0. The minimum absolute atomic E-state index is 0. The number of Topliss-reactive ketones (excluding diaryl/α,β-unsaturated/α-hetero) is 1. The van der Waals surface area contributed by atoms with Crippen molar-refractivity contribution in [3.8, 4) is 0 Å². The van der Waals surface area contributed by atoms with Crippen molar-refractivity contribution < 1.29 is 21.7 Å². The average molecular weight is 320 g/mol. The lowest BCUT2D eigenvalue weighted by Crippen LogP contribution is -3.00. The van der Waals surface area contributed by atoms with E-state index in [2.05, 4.69) is 28.1 Å². The number of carbonyl (C=O) groups is 1. The first kappa shape index (κ1) is 23.2. The molecule has 0 fully saturated rings. The molecule has 0 aliphatic rings. The molecule has 2 nitrogen and oxygen atoms in total. The number of hydrogen-bond donors (Lipinski definition) is 0. The van der Waals surface area contributed by atoms with Crippen molar-refractivity contribution in [3.05, 3.63) is 0 Å². The molecule has 0 aromatic heterocycles. The maximum Gasteiger partial charge on any atom is 0.133 e. The van der Waals surface area contributed by atoms with Crippen LogP contribution in [0.2, 0.25) is 0 Å². The van der Waals surface area contributed by atoms with Gasteiger partial charge in [0.25, 0.3) is 0 Å². The molecule has 0 aromatic rings. The molecule has 3 heteroatoms. The van der Waals surface area contributed by atoms with Crippen LogP contribution in [0, 0.1) is 0 Å². The van der Waals surface area contributed by atoms with Gasteiger partial charge in [0, 0.05) is 19.3 Å². The lowest BCUT2D eigenvalue weighted by molar-refractivity contribution is -0.870. The molecule has 0 radical (unpaired) electrons. The van der Waals surface area contributed by atoms with Gasteiger partial charge in [0.15, 0.2) is 0 Å². The Balaban J connectivity index is 0. The third-order valence-corrected chi connectivity index (χ3v) is 3.84. The largest absolute Gasteiger partial charge is 1.00 e. The molecule has 0 unspecified atom stereocenters. The summed E-state index contributed by atoms with van der Waals surface area (Å²) in [6.45, 7) is 3.36. The molecule has 0 spiro atoms. The van der Waals surface area contributed by atoms with Crippen molar-refractivity contribution in [2.24, 2.45) is 0 Å². The van der Waals surface area contributed by atoms with E-state index in [0.29, 0.717) is 5.78 Å². The van der Waals surface area contributed by atoms with Crippen molar-refractivity contribution in [1.29, 1.82) is 0 Å². The van der Waals surface area contributed by atoms with E-state index in [9.17, 15) is 4.79 Å². The first-order valence-corrected chi connectivity index (χ1v) is 8.78. The maximum atomic E-state index is 11.7. The lowest BCUT2D eigenvalue weighted by Gasteiger charge is -2.23. The number of halogens is 1. The van der Waals surface area contributed by atoms with Crippen LogP contribution in [0.4, 0.5) is 0 Å². The van der Waals surface area contributed by atoms with Crippen LogP contribution in [-0.4, -0.2) is 38.0 Å². The molecule has 0 N–H and O–H groups in total. The van der Waals surface area contributed by atoms with Gasteiger partial charge in [0.05, 0.1) is 27.7 Å². The molecule has 0 aliphatic heterocycles. The van der Waals surface area contributed by atoms with Crippen molar-refractivity contribution in [3.63, 3.8) is 0 Å². The number of quaternary nitrogens is 1. The molecule has 128 valence electrons. The number of rotatable bonds is 14. The number of ketones is 1. The second kappa shape index (κ2) is 14.8. The number of unbranched alkanes of at least 4 members (excludes halogenated alkanes) is 8. The highest BCUT2D eigenvalue weighted by molar-refractivity contribution is 5.78. The van der Waals surface area contributed by atoms with Gasteiger partial charge < -0.3 is 16.9 Å². The molecule has 0 aromatic carbocycles. The normalized spacial score (nSPS) is 11.2. The van der Waals surface area contributed by atoms with Crippen LogP contribution in [0.1, 0.15) is 84.0 Å². The Morgan fingerprint density at radius 2 is 1.14 bits per heavy atom. The fourth-order valence-corrected chi connectivity index (χ4v) is 2.51. The molecular weight excluding hydrogens is 282 g/mol. The molecule has 21 heavy (non-hydrogen) atoms. The standard InChI is InChI=1S/C18H38NO.ClH/c1-5-6-7-8-9-10-11-12-13-15-18(20)16-14-17-19(2,3)4;/h5-17H2,1-4H3;1H/q+1;/p-1. The van der Waals surface area contributed by atoms with E-state index in [0.717, 1.165) is 36.7 Å². The van der Waals surface area contributed by atoms with Crippen LogP contribution < -0.4 is 12.4 Å². The summed E-state index contributed by atoms with van der Waals surface area (Å²) in [7, 11) is 6.56. The summed E-state index contributed by atoms with van der Waals surface area (Å²) in [5, 5.41) is 0. The monoisotopic (exact) mass is 319 g/mol. The minimum atomic E-state index is 0. The van der Waals surface area contributed by atoms with Crippen molar-refractivity contribution >= 4 is 5.78 Å². The van der Waals surface area contributed by atoms with Crippen LogP contribution in [0.5, 0.6) is 0 Å². The van der Waals surface area contributed by atoms with Gasteiger partial charge in [0.1, 0.15) is 5.78 Å². The summed E-state index contributed by atoms with van der Waals surface area (Å²) in [4.78, 5) is 11.7. The molecule has 0 amide bonds. The zero-order valence-corrected chi connectivity index (χ0v) is 15.7. The summed E-state index contributed by atoms with van der Waals surface area (Å²) in [5.74, 6) is 0.474. The van der Waals surface area contributed by atoms with Gasteiger partial charge in [0.2, 0.25) is 0 Å². The molecule has 0 bridgehead atoms. The Hall–Kier alpha value is -0.0800. The number of nitrogens with zero attached hydrogens (tertiary/aromatic N) is 1. The van der Waals surface area contributed by atoms with Gasteiger partial charge >= 0.3 is 0 Å². The number of carbonyl (C=O) groups excluding carboxylic acids is 1. The minimum Gasteiger partial charge on any atom is -1.00 e. The van der Waals surface area contributed by atoms with Crippen molar-refractivity contribution in [1.82, 2.24) is 0 Å². The summed E-state index contributed by atoms with van der Waals surface area (Å²) in [5.41, 5.74) is 0. The van der Waals surface area contributed by atoms with Gasteiger partial charge in [-0.25, -0.2) is 0 Å². The summed E-state index contributed by atoms with van der Waals surface area (Å²) in [6.07, 6.45) is 14.6. The third kappa shape index (κ3) is 19.9. The zero-order chi connectivity index (χ0) is 15.3. The van der Waals surface area contributed by atoms with E-state index in [4.69, 9.17) is 0 Å². The highest BCUT2D eigenvalue weighted by atomic mass is 35.5. The third-order valence-electron chi connectivity index (χ3n) is 3.84.